The molecular weight excluding hydrogens is 274 g/mol. The van der Waals surface area contributed by atoms with Gasteiger partial charge in [-0.3, -0.25) is 4.79 Å². The third-order valence-corrected chi connectivity index (χ3v) is 3.83. The number of rotatable bonds is 7. The van der Waals surface area contributed by atoms with Crippen molar-refractivity contribution in [1.82, 2.24) is 5.32 Å². The Morgan fingerprint density at radius 1 is 1.05 bits per heavy atom. The third-order valence-electron chi connectivity index (χ3n) is 3.83. The molecule has 2 aromatic rings. The lowest BCUT2D eigenvalue weighted by atomic mass is 9.98. The minimum absolute atomic E-state index is 0.170. The first-order chi connectivity index (χ1) is 10.7. The molecule has 0 aliphatic carbocycles. The second kappa shape index (κ2) is 8.35. The molecule has 22 heavy (non-hydrogen) atoms. The zero-order chi connectivity index (χ0) is 15.8. The molecule has 116 valence electrons. The molecule has 0 saturated carbocycles. The highest BCUT2D eigenvalue weighted by Gasteiger charge is 2.20. The lowest BCUT2D eigenvalue weighted by Gasteiger charge is -2.19. The van der Waals surface area contributed by atoms with Crippen molar-refractivity contribution in [2.24, 2.45) is 5.92 Å². The van der Waals surface area contributed by atoms with Gasteiger partial charge in [0.15, 0.2) is 0 Å². The molecule has 1 N–H and O–H groups in total. The van der Waals surface area contributed by atoms with Gasteiger partial charge < -0.3 is 10.1 Å². The zero-order valence-corrected chi connectivity index (χ0v) is 13.2. The first-order valence-corrected chi connectivity index (χ1v) is 7.60. The second-order valence-corrected chi connectivity index (χ2v) is 5.45. The second-order valence-electron chi connectivity index (χ2n) is 5.45. The monoisotopic (exact) mass is 297 g/mol. The molecule has 0 radical (unpaired) electrons. The first-order valence-electron chi connectivity index (χ1n) is 7.60. The van der Waals surface area contributed by atoms with Crippen LogP contribution in [-0.2, 0) is 16.0 Å². The van der Waals surface area contributed by atoms with Gasteiger partial charge in [-0.25, -0.2) is 0 Å². The molecule has 2 rings (SSSR count). The smallest absolute Gasteiger partial charge is 0.310 e. The minimum atomic E-state index is -0.182. The van der Waals surface area contributed by atoms with Crippen LogP contribution in [0.2, 0.25) is 0 Å². The van der Waals surface area contributed by atoms with Crippen molar-refractivity contribution in [2.75, 3.05) is 13.7 Å². The molecule has 0 aliphatic rings. The van der Waals surface area contributed by atoms with Crippen molar-refractivity contribution >= 4 is 5.97 Å². The zero-order valence-electron chi connectivity index (χ0n) is 13.2. The summed E-state index contributed by atoms with van der Waals surface area (Å²) in [6.45, 7) is 2.70. The van der Waals surface area contributed by atoms with E-state index in [4.69, 9.17) is 4.74 Å². The van der Waals surface area contributed by atoms with Gasteiger partial charge in [0.2, 0.25) is 0 Å². The fraction of sp³-hybridized carbons (Fsp3) is 0.316. The molecule has 0 saturated heterocycles. The van der Waals surface area contributed by atoms with Gasteiger partial charge in [-0.05, 0) is 24.5 Å². The summed E-state index contributed by atoms with van der Waals surface area (Å²) in [5.41, 5.74) is 2.36. The van der Waals surface area contributed by atoms with Crippen LogP contribution in [0.1, 0.15) is 24.1 Å². The molecule has 3 nitrogen and oxygen atoms in total. The Balaban J connectivity index is 1.97. The number of ether oxygens (including phenoxy) is 1. The van der Waals surface area contributed by atoms with Crippen LogP contribution < -0.4 is 5.32 Å². The Morgan fingerprint density at radius 2 is 1.64 bits per heavy atom. The lowest BCUT2D eigenvalue weighted by molar-refractivity contribution is -0.145. The van der Waals surface area contributed by atoms with Crippen LogP contribution in [0.4, 0.5) is 0 Å². The average Bonchev–Trinajstić information content (AvgIpc) is 2.59. The Labute approximate surface area is 132 Å². The Bertz CT molecular complexity index is 569. The van der Waals surface area contributed by atoms with Crippen molar-refractivity contribution in [2.45, 2.75) is 19.4 Å². The van der Waals surface area contributed by atoms with Crippen LogP contribution >= 0.6 is 0 Å². The van der Waals surface area contributed by atoms with Crippen LogP contribution in [0, 0.1) is 5.92 Å². The summed E-state index contributed by atoms with van der Waals surface area (Å²) < 4.78 is 4.94. The van der Waals surface area contributed by atoms with Crippen molar-refractivity contribution in [3.63, 3.8) is 0 Å². The molecule has 2 atom stereocenters. The molecule has 0 spiro atoms. The number of benzene rings is 2. The predicted octanol–water partition coefficient (Wildman–Crippen LogP) is 3.37. The maximum atomic E-state index is 12.0. The van der Waals surface area contributed by atoms with E-state index in [1.54, 1.807) is 0 Å². The largest absolute Gasteiger partial charge is 0.469 e. The van der Waals surface area contributed by atoms with Crippen LogP contribution in [0.25, 0.3) is 0 Å². The number of carbonyl (C=O) groups excluding carboxylic acids is 1. The predicted molar refractivity (Wildman–Crippen MR) is 88.5 cm³/mol. The average molecular weight is 297 g/mol. The van der Waals surface area contributed by atoms with Crippen LogP contribution in [0.15, 0.2) is 60.7 Å². The fourth-order valence-corrected chi connectivity index (χ4v) is 2.48. The summed E-state index contributed by atoms with van der Waals surface area (Å²) in [4.78, 5) is 12.0. The summed E-state index contributed by atoms with van der Waals surface area (Å²) in [5, 5.41) is 3.43. The SMILES string of the molecule is COC(=O)[C@H](CN[C@H](C)c1ccccc1)Cc1ccccc1. The molecule has 0 amide bonds. The standard InChI is InChI=1S/C19H23NO2/c1-15(17-11-7-4-8-12-17)20-14-18(19(21)22-2)13-16-9-5-3-6-10-16/h3-12,15,18,20H,13-14H2,1-2H3/t15-,18+/m1/s1. The number of methoxy groups -OCH3 is 1. The maximum absolute atomic E-state index is 12.0. The molecule has 0 bridgehead atoms. The summed E-state index contributed by atoms with van der Waals surface area (Å²) in [6, 6.07) is 20.5. The third kappa shape index (κ3) is 4.71. The molecule has 0 heterocycles. The minimum Gasteiger partial charge on any atom is -0.469 e. The van der Waals surface area contributed by atoms with Gasteiger partial charge in [0.05, 0.1) is 13.0 Å². The van der Waals surface area contributed by atoms with Gasteiger partial charge in [-0.2, -0.15) is 0 Å². The topological polar surface area (TPSA) is 38.3 Å². The van der Waals surface area contributed by atoms with E-state index in [9.17, 15) is 4.79 Å². The normalized spacial score (nSPS) is 13.4. The number of carbonyl (C=O) groups is 1. The van der Waals surface area contributed by atoms with Crippen LogP contribution in [0.3, 0.4) is 0 Å². The summed E-state index contributed by atoms with van der Waals surface area (Å²) in [7, 11) is 1.45. The van der Waals surface area contributed by atoms with E-state index in [2.05, 4.69) is 24.4 Å². The number of esters is 1. The van der Waals surface area contributed by atoms with E-state index in [1.807, 2.05) is 48.5 Å². The van der Waals surface area contributed by atoms with E-state index in [0.29, 0.717) is 13.0 Å². The lowest BCUT2D eigenvalue weighted by Crippen LogP contribution is -2.32. The molecule has 0 aliphatic heterocycles. The first kappa shape index (κ1) is 16.2. The van der Waals surface area contributed by atoms with Gasteiger partial charge in [0, 0.05) is 12.6 Å². The molecular formula is C19H23NO2. The van der Waals surface area contributed by atoms with Gasteiger partial charge in [0.25, 0.3) is 0 Å². The molecule has 0 unspecified atom stereocenters. The Hall–Kier alpha value is -2.13. The Morgan fingerprint density at radius 3 is 2.23 bits per heavy atom. The van der Waals surface area contributed by atoms with Crippen molar-refractivity contribution in [3.05, 3.63) is 71.8 Å². The van der Waals surface area contributed by atoms with E-state index >= 15 is 0 Å². The Kier molecular flexibility index (Phi) is 6.16. The maximum Gasteiger partial charge on any atom is 0.310 e. The van der Waals surface area contributed by atoms with Crippen molar-refractivity contribution < 1.29 is 9.53 Å². The van der Waals surface area contributed by atoms with Crippen molar-refractivity contribution in [3.8, 4) is 0 Å². The number of hydrogen-bond donors (Lipinski definition) is 1. The summed E-state index contributed by atoms with van der Waals surface area (Å²) >= 11 is 0. The fourth-order valence-electron chi connectivity index (χ4n) is 2.48. The van der Waals surface area contributed by atoms with Gasteiger partial charge in [-0.15, -0.1) is 0 Å². The van der Waals surface area contributed by atoms with Crippen LogP contribution in [0.5, 0.6) is 0 Å². The number of nitrogens with one attached hydrogen (secondary N) is 1. The van der Waals surface area contributed by atoms with E-state index in [-0.39, 0.29) is 17.9 Å². The number of hydrogen-bond acceptors (Lipinski definition) is 3. The highest BCUT2D eigenvalue weighted by molar-refractivity contribution is 5.73. The van der Waals surface area contributed by atoms with Gasteiger partial charge in [-0.1, -0.05) is 60.7 Å². The molecule has 3 heteroatoms. The van der Waals surface area contributed by atoms with E-state index < -0.39 is 0 Å². The van der Waals surface area contributed by atoms with Gasteiger partial charge in [0.1, 0.15) is 0 Å². The molecule has 2 aromatic carbocycles. The summed E-state index contributed by atoms with van der Waals surface area (Å²) in [5.74, 6) is -0.352. The van der Waals surface area contributed by atoms with E-state index in [1.165, 1.54) is 12.7 Å². The van der Waals surface area contributed by atoms with Crippen molar-refractivity contribution in [1.29, 1.82) is 0 Å². The molecule has 0 aromatic heterocycles. The van der Waals surface area contributed by atoms with Gasteiger partial charge >= 0.3 is 5.97 Å². The van der Waals surface area contributed by atoms with Crippen LogP contribution in [-0.4, -0.2) is 19.6 Å². The highest BCUT2D eigenvalue weighted by Crippen LogP contribution is 2.14. The van der Waals surface area contributed by atoms with E-state index in [0.717, 1.165) is 5.56 Å². The summed E-state index contributed by atoms with van der Waals surface area (Å²) in [6.07, 6.45) is 0.683. The highest BCUT2D eigenvalue weighted by atomic mass is 16.5. The quantitative estimate of drug-likeness (QED) is 0.796. The molecule has 0 fully saturated rings.